The number of hydrogen-bond acceptors (Lipinski definition) is 5. The predicted molar refractivity (Wildman–Crippen MR) is 145 cm³/mol. The second-order valence-corrected chi connectivity index (χ2v) is 11.7. The van der Waals surface area contributed by atoms with Crippen molar-refractivity contribution in [1.82, 2.24) is 4.31 Å². The van der Waals surface area contributed by atoms with Crippen molar-refractivity contribution in [3.05, 3.63) is 83.3 Å². The van der Waals surface area contributed by atoms with Crippen LogP contribution >= 0.6 is 11.9 Å². The van der Waals surface area contributed by atoms with Gasteiger partial charge in [0.25, 0.3) is 0 Å². The average molecular weight is 494 g/mol. The zero-order valence-corrected chi connectivity index (χ0v) is 22.0. The molecule has 1 saturated heterocycles. The van der Waals surface area contributed by atoms with Crippen molar-refractivity contribution in [2.45, 2.75) is 50.3 Å². The molecule has 0 saturated carbocycles. The molecule has 0 radical (unpaired) electrons. The van der Waals surface area contributed by atoms with Gasteiger partial charge in [0, 0.05) is 37.1 Å². The minimum absolute atomic E-state index is 0.0420. The number of aliphatic imine (C=N–C) groups is 1. The van der Waals surface area contributed by atoms with Gasteiger partial charge >= 0.3 is 0 Å². The molecule has 2 aliphatic rings. The van der Waals surface area contributed by atoms with Gasteiger partial charge in [-0.1, -0.05) is 38.5 Å². The van der Waals surface area contributed by atoms with Crippen LogP contribution in [0.1, 0.15) is 45.6 Å². The maximum Gasteiger partial charge on any atom is 0.123 e. The Hall–Kier alpha value is -2.41. The van der Waals surface area contributed by atoms with Crippen LogP contribution in [0, 0.1) is 11.2 Å². The van der Waals surface area contributed by atoms with E-state index < -0.39 is 0 Å². The number of halogens is 1. The van der Waals surface area contributed by atoms with Gasteiger partial charge in [-0.2, -0.15) is 0 Å². The first kappa shape index (κ1) is 25.7. The van der Waals surface area contributed by atoms with E-state index in [-0.39, 0.29) is 16.6 Å². The quantitative estimate of drug-likeness (QED) is 0.450. The highest BCUT2D eigenvalue weighted by Crippen LogP contribution is 2.48. The van der Waals surface area contributed by atoms with Crippen LogP contribution in [0.3, 0.4) is 0 Å². The summed E-state index contributed by atoms with van der Waals surface area (Å²) < 4.78 is 21.4. The van der Waals surface area contributed by atoms with E-state index in [0.29, 0.717) is 6.61 Å². The fourth-order valence-electron chi connectivity index (χ4n) is 4.91. The van der Waals surface area contributed by atoms with E-state index in [1.54, 1.807) is 25.4 Å². The molecule has 2 N–H and O–H groups in total. The second kappa shape index (κ2) is 10.7. The van der Waals surface area contributed by atoms with E-state index in [1.807, 2.05) is 11.9 Å². The summed E-state index contributed by atoms with van der Waals surface area (Å²) in [5.41, 5.74) is 11.6. The molecule has 4 nitrogen and oxygen atoms in total. The monoisotopic (exact) mass is 493 g/mol. The molecule has 2 aromatic carbocycles. The van der Waals surface area contributed by atoms with E-state index in [1.165, 1.54) is 28.2 Å². The number of methoxy groups -OCH3 is 1. The van der Waals surface area contributed by atoms with Crippen LogP contribution in [0.5, 0.6) is 0 Å². The highest BCUT2D eigenvalue weighted by Gasteiger charge is 2.43. The van der Waals surface area contributed by atoms with Gasteiger partial charge in [0.1, 0.15) is 5.82 Å². The molecule has 186 valence electrons. The molecule has 2 aromatic rings. The highest BCUT2D eigenvalue weighted by molar-refractivity contribution is 7.97. The van der Waals surface area contributed by atoms with Crippen LogP contribution in [0.15, 0.2) is 81.8 Å². The number of fused-ring (bicyclic) bond motifs is 1. The largest absolute Gasteiger partial charge is 0.404 e. The number of benzene rings is 2. The molecule has 0 spiro atoms. The summed E-state index contributed by atoms with van der Waals surface area (Å²) in [6, 6.07) is 15.2. The van der Waals surface area contributed by atoms with Crippen molar-refractivity contribution < 1.29 is 9.13 Å². The summed E-state index contributed by atoms with van der Waals surface area (Å²) in [6.07, 6.45) is 6.61. The maximum absolute atomic E-state index is 13.4. The number of rotatable bonds is 6. The number of ether oxygens (including phenoxy) is 1. The van der Waals surface area contributed by atoms with Crippen LogP contribution in [0.2, 0.25) is 0 Å². The minimum Gasteiger partial charge on any atom is -0.404 e. The Morgan fingerprint density at radius 1 is 1.14 bits per heavy atom. The highest BCUT2D eigenvalue weighted by atomic mass is 32.2. The molecule has 6 heteroatoms. The zero-order chi connectivity index (χ0) is 25.1. The third-order valence-electron chi connectivity index (χ3n) is 6.98. The maximum atomic E-state index is 13.4. The van der Waals surface area contributed by atoms with Crippen LogP contribution in [-0.4, -0.2) is 36.8 Å². The smallest absolute Gasteiger partial charge is 0.123 e. The molecule has 1 atom stereocenters. The lowest BCUT2D eigenvalue weighted by Gasteiger charge is -2.47. The molecule has 1 aliphatic carbocycles. The average Bonchev–Trinajstić information content (AvgIpc) is 2.84. The molecule has 0 amide bonds. The minimum atomic E-state index is -0.262. The summed E-state index contributed by atoms with van der Waals surface area (Å²) in [7, 11) is 1.76. The van der Waals surface area contributed by atoms with Crippen LogP contribution in [-0.2, 0) is 10.2 Å². The summed E-state index contributed by atoms with van der Waals surface area (Å²) in [6.45, 7) is 9.32. The normalized spacial score (nSPS) is 23.4. The summed E-state index contributed by atoms with van der Waals surface area (Å²) in [4.78, 5) is 6.06. The van der Waals surface area contributed by atoms with Crippen molar-refractivity contribution in [1.29, 1.82) is 0 Å². The van der Waals surface area contributed by atoms with Gasteiger partial charge in [0.15, 0.2) is 0 Å². The number of allylic oxidation sites excluding steroid dienone is 2. The van der Waals surface area contributed by atoms with E-state index in [9.17, 15) is 4.39 Å². The van der Waals surface area contributed by atoms with E-state index in [0.717, 1.165) is 49.3 Å². The molecular weight excluding hydrogens is 457 g/mol. The second-order valence-electron chi connectivity index (χ2n) is 10.5. The number of piperidine rings is 1. The molecule has 1 aliphatic heterocycles. The molecular formula is C29H36FN3OS. The molecule has 0 bridgehead atoms. The van der Waals surface area contributed by atoms with Gasteiger partial charge < -0.3 is 10.5 Å². The number of nitrogens with two attached hydrogens (primary N) is 1. The van der Waals surface area contributed by atoms with Gasteiger partial charge in [-0.05, 0) is 96.4 Å². The summed E-state index contributed by atoms with van der Waals surface area (Å²) >= 11 is 1.83. The Morgan fingerprint density at radius 2 is 1.86 bits per heavy atom. The fraction of sp³-hybridized carbons (Fsp3) is 0.414. The first-order valence-electron chi connectivity index (χ1n) is 12.2. The third kappa shape index (κ3) is 6.05. The molecule has 1 fully saturated rings. The van der Waals surface area contributed by atoms with Crippen molar-refractivity contribution in [2.24, 2.45) is 16.1 Å². The van der Waals surface area contributed by atoms with E-state index >= 15 is 0 Å². The van der Waals surface area contributed by atoms with Crippen LogP contribution in [0.25, 0.3) is 0 Å². The van der Waals surface area contributed by atoms with Gasteiger partial charge in [-0.25, -0.2) is 13.7 Å². The molecule has 4 rings (SSSR count). The van der Waals surface area contributed by atoms with E-state index in [2.05, 4.69) is 55.4 Å². The topological polar surface area (TPSA) is 50.9 Å². The van der Waals surface area contributed by atoms with Crippen molar-refractivity contribution in [2.75, 3.05) is 26.8 Å². The summed E-state index contributed by atoms with van der Waals surface area (Å²) in [5.74, 6) is -0.262. The Labute approximate surface area is 213 Å². The Kier molecular flexibility index (Phi) is 7.84. The van der Waals surface area contributed by atoms with Gasteiger partial charge in [-0.3, -0.25) is 0 Å². The lowest BCUT2D eigenvalue weighted by molar-refractivity contribution is 0.126. The Bertz CT molecular complexity index is 1120. The van der Waals surface area contributed by atoms with Crippen molar-refractivity contribution >= 4 is 23.3 Å². The number of nitrogens with zero attached hydrogens (tertiary/aromatic N) is 2. The van der Waals surface area contributed by atoms with E-state index in [4.69, 9.17) is 15.5 Å². The molecule has 1 heterocycles. The van der Waals surface area contributed by atoms with Gasteiger partial charge in [-0.15, -0.1) is 0 Å². The van der Waals surface area contributed by atoms with Crippen molar-refractivity contribution in [3.8, 4) is 0 Å². The van der Waals surface area contributed by atoms with Crippen LogP contribution in [0.4, 0.5) is 10.1 Å². The molecule has 0 aromatic heterocycles. The Morgan fingerprint density at radius 3 is 2.49 bits per heavy atom. The molecule has 0 unspecified atom stereocenters. The first-order chi connectivity index (χ1) is 16.7. The predicted octanol–water partition coefficient (Wildman–Crippen LogP) is 6.80. The van der Waals surface area contributed by atoms with Gasteiger partial charge in [0.2, 0.25) is 0 Å². The lowest BCUT2D eigenvalue weighted by atomic mass is 9.66. The standard InChI is InChI=1S/C29H36FN3OS/c1-28(2,3)22-5-11-26(12-6-22)35-33-15-13-23-17-27(32-25-9-7-24(30)8-10-25)21(19-31)18-29(23,20-33)14-16-34-4/h5-12,17,19H,13-16,18,20,31H2,1-4H3/t29-/m1/s1. The first-order valence-corrected chi connectivity index (χ1v) is 13.0. The lowest BCUT2D eigenvalue weighted by Crippen LogP contribution is -2.45. The SMILES string of the molecule is COCC[C@]12CC(=CN)C(=Nc3ccc(F)cc3)C=C1CCN(Sc1ccc(C(C)(C)C)cc1)C2. The van der Waals surface area contributed by atoms with Gasteiger partial charge in [0.05, 0.1) is 11.4 Å². The third-order valence-corrected chi connectivity index (χ3v) is 8.03. The summed E-state index contributed by atoms with van der Waals surface area (Å²) in [5, 5.41) is 0. The number of hydrogen-bond donors (Lipinski definition) is 1. The van der Waals surface area contributed by atoms with Crippen LogP contribution < -0.4 is 5.73 Å². The zero-order valence-electron chi connectivity index (χ0n) is 21.2. The fourth-order valence-corrected chi connectivity index (χ4v) is 5.96. The van der Waals surface area contributed by atoms with Crippen molar-refractivity contribution in [3.63, 3.8) is 0 Å². The Balaban J connectivity index is 1.59. The molecule has 35 heavy (non-hydrogen) atoms.